The zero-order chi connectivity index (χ0) is 18.0. The summed E-state index contributed by atoms with van der Waals surface area (Å²) in [6, 6.07) is 2.52. The molecule has 0 fully saturated rings. The number of benzene rings is 2. The van der Waals surface area contributed by atoms with E-state index in [0.29, 0.717) is 12.1 Å². The molecule has 2 rings (SSSR count). The van der Waals surface area contributed by atoms with Crippen LogP contribution in [0.1, 0.15) is 20.7 Å². The van der Waals surface area contributed by atoms with Crippen molar-refractivity contribution in [3.05, 3.63) is 58.7 Å². The molecule has 2 N–H and O–H groups in total. The van der Waals surface area contributed by atoms with Crippen molar-refractivity contribution in [2.45, 2.75) is 0 Å². The molecule has 0 unspecified atom stereocenters. The van der Waals surface area contributed by atoms with E-state index in [-0.39, 0.29) is 8.92 Å². The van der Waals surface area contributed by atoms with Crippen molar-refractivity contribution in [1.29, 1.82) is 0 Å². The van der Waals surface area contributed by atoms with Crippen LogP contribution in [-0.2, 0) is 0 Å². The molecule has 126 valence electrons. The average Bonchev–Trinajstić information content (AvgIpc) is 2.50. The van der Waals surface area contributed by atoms with Crippen LogP contribution in [0.2, 0.25) is 0 Å². The molecule has 24 heavy (non-hydrogen) atoms. The quantitative estimate of drug-likeness (QED) is 0.502. The molecule has 0 saturated carbocycles. The molecule has 0 amide bonds. The second-order valence-corrected chi connectivity index (χ2v) is 10.5. The molecule has 0 heterocycles. The minimum absolute atomic E-state index is 0.00466. The summed E-state index contributed by atoms with van der Waals surface area (Å²) >= 11 is -1.58. The van der Waals surface area contributed by atoms with Crippen LogP contribution in [0.5, 0.6) is 0 Å². The summed E-state index contributed by atoms with van der Waals surface area (Å²) in [6.07, 6.45) is 0. The Morgan fingerprint density at radius 1 is 0.667 bits per heavy atom. The van der Waals surface area contributed by atoms with Crippen LogP contribution in [0, 0.1) is 23.3 Å². The molecule has 0 atom stereocenters. The van der Waals surface area contributed by atoms with E-state index in [1.807, 2.05) is 0 Å². The molecule has 0 radical (unpaired) electrons. The van der Waals surface area contributed by atoms with Crippen LogP contribution in [0.25, 0.3) is 0 Å². The van der Waals surface area contributed by atoms with Gasteiger partial charge in [0.1, 0.15) is 0 Å². The molecule has 0 aliphatic heterocycles. The van der Waals surface area contributed by atoms with Crippen molar-refractivity contribution >= 4 is 47.1 Å². The first kappa shape index (κ1) is 18.5. The molecular formula is C14H6F4O4Se2. The molecule has 2 aromatic carbocycles. The van der Waals surface area contributed by atoms with Crippen LogP contribution in [-0.4, -0.2) is 48.4 Å². The molecule has 0 saturated heterocycles. The molecule has 2 aromatic rings. The van der Waals surface area contributed by atoms with Crippen LogP contribution in [0.15, 0.2) is 24.3 Å². The standard InChI is InChI=1S/C14H6F4O4Se2/c15-7-1-5(13(19)20)11(3-9(7)17)23-24-12-4-10(18)8(16)2-6(12)14(21)22/h1-4H,(H,19,20)(H,21,22). The fourth-order valence-electron chi connectivity index (χ4n) is 1.62. The van der Waals surface area contributed by atoms with Gasteiger partial charge in [-0.25, -0.2) is 0 Å². The van der Waals surface area contributed by atoms with Crippen molar-refractivity contribution in [1.82, 2.24) is 0 Å². The van der Waals surface area contributed by atoms with E-state index in [9.17, 15) is 27.2 Å². The van der Waals surface area contributed by atoms with Crippen LogP contribution < -0.4 is 8.92 Å². The molecule has 0 aliphatic rings. The summed E-state index contributed by atoms with van der Waals surface area (Å²) in [5.41, 5.74) is -0.898. The van der Waals surface area contributed by atoms with E-state index >= 15 is 0 Å². The van der Waals surface area contributed by atoms with Gasteiger partial charge in [-0.2, -0.15) is 0 Å². The van der Waals surface area contributed by atoms with E-state index in [0.717, 1.165) is 12.1 Å². The van der Waals surface area contributed by atoms with Crippen LogP contribution in [0.3, 0.4) is 0 Å². The summed E-state index contributed by atoms with van der Waals surface area (Å²) in [7, 11) is 0. The van der Waals surface area contributed by atoms with E-state index < -0.39 is 72.6 Å². The number of rotatable bonds is 5. The number of carboxylic acid groups (broad SMARTS) is 2. The number of hydrogen-bond donors (Lipinski definition) is 2. The molecule has 0 aliphatic carbocycles. The predicted molar refractivity (Wildman–Crippen MR) is 77.4 cm³/mol. The first-order valence-electron chi connectivity index (χ1n) is 6.00. The van der Waals surface area contributed by atoms with Gasteiger partial charge in [-0.15, -0.1) is 0 Å². The summed E-state index contributed by atoms with van der Waals surface area (Å²) in [4.78, 5) is 22.2. The zero-order valence-corrected chi connectivity index (χ0v) is 14.8. The third-order valence-corrected chi connectivity index (χ3v) is 9.90. The number of aromatic carboxylic acids is 2. The van der Waals surface area contributed by atoms with Gasteiger partial charge in [-0.1, -0.05) is 0 Å². The Morgan fingerprint density at radius 2 is 0.958 bits per heavy atom. The Labute approximate surface area is 143 Å². The van der Waals surface area contributed by atoms with E-state index in [1.54, 1.807) is 0 Å². The monoisotopic (exact) mass is 474 g/mol. The molecule has 10 heteroatoms. The van der Waals surface area contributed by atoms with Gasteiger partial charge in [0.25, 0.3) is 0 Å². The van der Waals surface area contributed by atoms with Gasteiger partial charge in [0, 0.05) is 0 Å². The molecule has 0 spiro atoms. The topological polar surface area (TPSA) is 74.6 Å². The van der Waals surface area contributed by atoms with Crippen molar-refractivity contribution in [3.63, 3.8) is 0 Å². The summed E-state index contributed by atoms with van der Waals surface area (Å²) in [6.45, 7) is 0. The van der Waals surface area contributed by atoms with E-state index in [2.05, 4.69) is 0 Å². The number of hydrogen-bond acceptors (Lipinski definition) is 2. The molecular weight excluding hydrogens is 466 g/mol. The van der Waals surface area contributed by atoms with Crippen molar-refractivity contribution < 1.29 is 37.4 Å². The van der Waals surface area contributed by atoms with Gasteiger partial charge in [0.05, 0.1) is 0 Å². The van der Waals surface area contributed by atoms with Crippen LogP contribution >= 0.6 is 0 Å². The van der Waals surface area contributed by atoms with E-state index in [4.69, 9.17) is 10.2 Å². The Hall–Kier alpha value is -1.86. The molecule has 0 aromatic heterocycles. The number of carbonyl (C=O) groups is 2. The Balaban J connectivity index is 2.38. The van der Waals surface area contributed by atoms with Crippen LogP contribution in [0.4, 0.5) is 17.6 Å². The summed E-state index contributed by atoms with van der Waals surface area (Å²) < 4.78 is 52.9. The van der Waals surface area contributed by atoms with Gasteiger partial charge in [0.2, 0.25) is 0 Å². The van der Waals surface area contributed by atoms with Gasteiger partial charge >= 0.3 is 143 Å². The molecule has 4 nitrogen and oxygen atoms in total. The predicted octanol–water partition coefficient (Wildman–Crippen LogP) is 0.914. The second-order valence-electron chi connectivity index (χ2n) is 4.30. The fourth-order valence-corrected chi connectivity index (χ4v) is 8.59. The number of halogens is 4. The maximum absolute atomic E-state index is 13.3. The fraction of sp³-hybridized carbons (Fsp3) is 0. The second kappa shape index (κ2) is 7.36. The van der Waals surface area contributed by atoms with Gasteiger partial charge in [-0.05, 0) is 0 Å². The number of carboxylic acids is 2. The third-order valence-electron chi connectivity index (χ3n) is 2.73. The Bertz CT molecular complexity index is 773. The van der Waals surface area contributed by atoms with Gasteiger partial charge in [0.15, 0.2) is 0 Å². The van der Waals surface area contributed by atoms with Crippen molar-refractivity contribution in [2.24, 2.45) is 0 Å². The summed E-state index contributed by atoms with van der Waals surface area (Å²) in [5.74, 6) is -8.06. The zero-order valence-electron chi connectivity index (χ0n) is 11.3. The Morgan fingerprint density at radius 3 is 1.25 bits per heavy atom. The van der Waals surface area contributed by atoms with Crippen molar-refractivity contribution in [2.75, 3.05) is 0 Å². The summed E-state index contributed by atoms with van der Waals surface area (Å²) in [5, 5.41) is 18.1. The van der Waals surface area contributed by atoms with Gasteiger partial charge in [-0.3, -0.25) is 0 Å². The average molecular weight is 472 g/mol. The maximum atomic E-state index is 13.3. The minimum atomic E-state index is -1.47. The van der Waals surface area contributed by atoms with E-state index in [1.165, 1.54) is 0 Å². The van der Waals surface area contributed by atoms with Crippen molar-refractivity contribution in [3.8, 4) is 0 Å². The normalized spacial score (nSPS) is 10.7. The first-order chi connectivity index (χ1) is 11.2. The molecule has 0 bridgehead atoms. The first-order valence-corrected chi connectivity index (χ1v) is 12.0. The van der Waals surface area contributed by atoms with Gasteiger partial charge < -0.3 is 0 Å². The third kappa shape index (κ3) is 3.96. The Kier molecular flexibility index (Phi) is 5.66. The SMILES string of the molecule is O=C(O)c1cc(F)c(F)cc1[Se][Se]c1cc(F)c(F)cc1C(=O)O.